The Morgan fingerprint density at radius 3 is 2.32 bits per heavy atom. The molecular formula is C45H57F2N5O6SSi. The summed E-state index contributed by atoms with van der Waals surface area (Å²) in [5.74, 6) is 2.45. The number of fused-ring (bicyclic) bond motifs is 4. The number of rotatable bonds is 11. The number of ether oxygens (including phenoxy) is 3. The second kappa shape index (κ2) is 17.5. The molecule has 3 saturated heterocycles. The molecule has 0 N–H and O–H groups in total. The smallest absolute Gasteiger partial charge is 0.410 e. The zero-order chi connectivity index (χ0) is 43.1. The standard InChI is InChI=1S/C45H57F2N5O6SSi/c1-9-10-19-57-45(53)52-31-15-16-32(52)26-51(25-31)43-36-24-48-41(40(47)42(36)49-44(50-43)59(8,54)55)35-23-33(58-38-13-11-12-20-56-38)22-30-14-17-37(46)34(39(30)35)18-21-60(27(2)3,28(4)5)29(6)7/h14,17,22-24,27-29,31-32,38H,9-13,15-16,19-20,25-26H2,1-8H3. The molecule has 2 aromatic heterocycles. The van der Waals surface area contributed by atoms with E-state index in [4.69, 9.17) is 19.2 Å². The number of hydrogen-bond donors (Lipinski definition) is 0. The highest BCUT2D eigenvalue weighted by atomic mass is 32.2. The summed E-state index contributed by atoms with van der Waals surface area (Å²) in [4.78, 5) is 30.3. The lowest BCUT2D eigenvalue weighted by Crippen LogP contribution is -2.56. The van der Waals surface area contributed by atoms with Crippen LogP contribution < -0.4 is 9.64 Å². The van der Waals surface area contributed by atoms with Gasteiger partial charge in [-0.15, -0.1) is 5.54 Å². The number of piperazine rings is 1. The number of pyridine rings is 1. The van der Waals surface area contributed by atoms with E-state index in [1.165, 1.54) is 12.3 Å². The summed E-state index contributed by atoms with van der Waals surface area (Å²) in [6, 6.07) is 6.01. The van der Waals surface area contributed by atoms with Gasteiger partial charge in [-0.05, 0) is 72.3 Å². The number of amides is 1. The van der Waals surface area contributed by atoms with E-state index < -0.39 is 41.0 Å². The molecule has 15 heteroatoms. The van der Waals surface area contributed by atoms with Crippen molar-refractivity contribution in [3.8, 4) is 28.5 Å². The molecule has 3 aliphatic rings. The Morgan fingerprint density at radius 1 is 1.00 bits per heavy atom. The van der Waals surface area contributed by atoms with Crippen LogP contribution in [0.15, 0.2) is 35.6 Å². The van der Waals surface area contributed by atoms with Crippen LogP contribution >= 0.6 is 0 Å². The molecule has 2 bridgehead atoms. The van der Waals surface area contributed by atoms with Crippen LogP contribution in [0, 0.1) is 23.1 Å². The van der Waals surface area contributed by atoms with Gasteiger partial charge in [-0.25, -0.2) is 32.0 Å². The minimum absolute atomic E-state index is 0.129. The summed E-state index contributed by atoms with van der Waals surface area (Å²) in [6.45, 7) is 16.7. The molecule has 1 amide bonds. The van der Waals surface area contributed by atoms with E-state index >= 15 is 8.78 Å². The summed E-state index contributed by atoms with van der Waals surface area (Å²) in [5.41, 5.74) is 4.44. The molecule has 0 saturated carbocycles. The topological polar surface area (TPSA) is 124 Å². The van der Waals surface area contributed by atoms with Crippen molar-refractivity contribution in [3.05, 3.63) is 47.7 Å². The van der Waals surface area contributed by atoms with Crippen molar-refractivity contribution < 1.29 is 36.2 Å². The van der Waals surface area contributed by atoms with Crippen molar-refractivity contribution in [3.63, 3.8) is 0 Å². The van der Waals surface area contributed by atoms with E-state index in [2.05, 4.69) is 63.0 Å². The Balaban J connectivity index is 1.41. The van der Waals surface area contributed by atoms with Gasteiger partial charge in [0.25, 0.3) is 0 Å². The highest BCUT2D eigenvalue weighted by molar-refractivity contribution is 7.90. The highest BCUT2D eigenvalue weighted by Crippen LogP contribution is 2.43. The normalized spacial score (nSPS) is 19.7. The van der Waals surface area contributed by atoms with Gasteiger partial charge in [0.15, 0.2) is 12.1 Å². The maximum absolute atomic E-state index is 17.6. The number of anilines is 1. The van der Waals surface area contributed by atoms with Crippen LogP contribution in [-0.2, 0) is 19.3 Å². The molecule has 3 fully saturated rings. The first-order valence-corrected chi connectivity index (χ1v) is 25.5. The fraction of sp³-hybridized carbons (Fsp3) is 0.556. The van der Waals surface area contributed by atoms with E-state index in [1.54, 1.807) is 23.1 Å². The van der Waals surface area contributed by atoms with Crippen molar-refractivity contribution in [2.75, 3.05) is 37.5 Å². The maximum atomic E-state index is 17.6. The van der Waals surface area contributed by atoms with Crippen molar-refractivity contribution >= 4 is 51.5 Å². The molecule has 4 aromatic rings. The molecule has 3 aliphatic heterocycles. The average Bonchev–Trinajstić information content (AvgIpc) is 3.47. The Morgan fingerprint density at radius 2 is 1.70 bits per heavy atom. The lowest BCUT2D eigenvalue weighted by molar-refractivity contribution is -0.105. The first kappa shape index (κ1) is 43.7. The highest BCUT2D eigenvalue weighted by Gasteiger charge is 2.45. The third-order valence-corrected chi connectivity index (χ3v) is 19.8. The zero-order valence-corrected chi connectivity index (χ0v) is 37.8. The minimum atomic E-state index is -4.03. The van der Waals surface area contributed by atoms with Gasteiger partial charge in [0, 0.05) is 42.9 Å². The van der Waals surface area contributed by atoms with Crippen LogP contribution in [0.3, 0.4) is 0 Å². The zero-order valence-electron chi connectivity index (χ0n) is 36.0. The Kier molecular flexibility index (Phi) is 12.8. The third kappa shape index (κ3) is 8.31. The molecule has 2 aromatic carbocycles. The number of unbranched alkanes of at least 4 members (excludes halogenated alkanes) is 1. The number of carbonyl (C=O) groups excluding carboxylic acids is 1. The SMILES string of the molecule is CCCCOC(=O)N1C2CCC1CN(c1nc(S(C)(=O)=O)nc3c(F)c(-c4cc(OC5CCCCO5)cc5ccc(F)c(C#C[Si](C(C)C)(C(C)C)C(C)C)c45)ncc13)C2. The minimum Gasteiger partial charge on any atom is -0.465 e. The number of carbonyl (C=O) groups is 1. The summed E-state index contributed by atoms with van der Waals surface area (Å²) in [5, 5.41) is 0.599. The van der Waals surface area contributed by atoms with Crippen LogP contribution in [0.4, 0.5) is 19.4 Å². The Bertz CT molecular complexity index is 2410. The second-order valence-corrected chi connectivity index (χ2v) is 25.0. The first-order chi connectivity index (χ1) is 28.5. The van der Waals surface area contributed by atoms with E-state index in [1.807, 2.05) is 11.8 Å². The molecule has 3 atom stereocenters. The Labute approximate surface area is 353 Å². The summed E-state index contributed by atoms with van der Waals surface area (Å²) >= 11 is 0. The number of hydrogen-bond acceptors (Lipinski definition) is 10. The summed E-state index contributed by atoms with van der Waals surface area (Å²) in [6.07, 6.45) is 7.21. The molecule has 322 valence electrons. The maximum Gasteiger partial charge on any atom is 0.410 e. The van der Waals surface area contributed by atoms with Gasteiger partial charge < -0.3 is 19.1 Å². The number of nitrogens with zero attached hydrogens (tertiary/aromatic N) is 5. The predicted octanol–water partition coefficient (Wildman–Crippen LogP) is 9.59. The fourth-order valence-corrected chi connectivity index (χ4v) is 15.4. The quantitative estimate of drug-likeness (QED) is 0.0624. The number of sulfone groups is 1. The molecular weight excluding hydrogens is 805 g/mol. The molecule has 11 nitrogen and oxygen atoms in total. The van der Waals surface area contributed by atoms with Gasteiger partial charge in [0.2, 0.25) is 15.0 Å². The van der Waals surface area contributed by atoms with Crippen molar-refractivity contribution in [1.29, 1.82) is 0 Å². The number of benzene rings is 2. The molecule has 0 radical (unpaired) electrons. The summed E-state index contributed by atoms with van der Waals surface area (Å²) in [7, 11) is -6.37. The van der Waals surface area contributed by atoms with Gasteiger partial charge >= 0.3 is 6.09 Å². The van der Waals surface area contributed by atoms with Gasteiger partial charge in [0.1, 0.15) is 36.7 Å². The molecule has 3 unspecified atom stereocenters. The fourth-order valence-electron chi connectivity index (χ4n) is 9.72. The monoisotopic (exact) mass is 861 g/mol. The van der Waals surface area contributed by atoms with Crippen LogP contribution in [-0.4, -0.2) is 93.4 Å². The largest absolute Gasteiger partial charge is 0.465 e. The lowest BCUT2D eigenvalue weighted by atomic mass is 9.95. The van der Waals surface area contributed by atoms with E-state index in [9.17, 15) is 13.2 Å². The second-order valence-electron chi connectivity index (χ2n) is 17.5. The van der Waals surface area contributed by atoms with Crippen molar-refractivity contribution in [2.45, 2.75) is 134 Å². The van der Waals surface area contributed by atoms with E-state index in [0.29, 0.717) is 49.2 Å². The van der Waals surface area contributed by atoms with Gasteiger partial charge in [-0.3, -0.25) is 9.88 Å². The molecule has 7 rings (SSSR count). The molecule has 0 aliphatic carbocycles. The van der Waals surface area contributed by atoms with E-state index in [-0.39, 0.29) is 68.3 Å². The number of halogens is 2. The van der Waals surface area contributed by atoms with Crippen LogP contribution in [0.2, 0.25) is 16.6 Å². The van der Waals surface area contributed by atoms with Crippen LogP contribution in [0.1, 0.15) is 99.0 Å². The molecule has 5 heterocycles. The van der Waals surface area contributed by atoms with Gasteiger partial charge in [-0.2, -0.15) is 0 Å². The Hall–Kier alpha value is -4.39. The third-order valence-electron chi connectivity index (χ3n) is 12.7. The lowest BCUT2D eigenvalue weighted by Gasteiger charge is -2.41. The van der Waals surface area contributed by atoms with Crippen LogP contribution in [0.25, 0.3) is 32.9 Å². The van der Waals surface area contributed by atoms with Gasteiger partial charge in [-0.1, -0.05) is 66.9 Å². The van der Waals surface area contributed by atoms with Crippen LogP contribution in [0.5, 0.6) is 5.75 Å². The van der Waals surface area contributed by atoms with Gasteiger partial charge in [0.05, 0.1) is 36.2 Å². The molecule has 0 spiro atoms. The van der Waals surface area contributed by atoms with Crippen molar-refractivity contribution in [2.24, 2.45) is 0 Å². The number of aromatic nitrogens is 3. The molecule has 60 heavy (non-hydrogen) atoms. The predicted molar refractivity (Wildman–Crippen MR) is 233 cm³/mol. The average molecular weight is 862 g/mol. The first-order valence-electron chi connectivity index (χ1n) is 21.4. The van der Waals surface area contributed by atoms with E-state index in [0.717, 1.165) is 44.8 Å². The summed E-state index contributed by atoms with van der Waals surface area (Å²) < 4.78 is 77.9. The van der Waals surface area contributed by atoms with Crippen molar-refractivity contribution in [1.82, 2.24) is 19.9 Å².